The van der Waals surface area contributed by atoms with E-state index in [-0.39, 0.29) is 17.3 Å². The number of hydrogen-bond acceptors (Lipinski definition) is 6. The van der Waals surface area contributed by atoms with Gasteiger partial charge in [0, 0.05) is 6.54 Å². The number of aryl methyl sites for hydroxylation is 1. The lowest BCUT2D eigenvalue weighted by molar-refractivity contribution is 0.601. The summed E-state index contributed by atoms with van der Waals surface area (Å²) < 4.78 is 37.1. The third kappa shape index (κ3) is 3.22. The molecule has 6 nitrogen and oxygen atoms in total. The highest BCUT2D eigenvalue weighted by molar-refractivity contribution is 7.93. The lowest BCUT2D eigenvalue weighted by Gasteiger charge is -2.21. The summed E-state index contributed by atoms with van der Waals surface area (Å²) in [6.45, 7) is 3.38. The van der Waals surface area contributed by atoms with Gasteiger partial charge in [-0.05, 0) is 48.7 Å². The Hall–Kier alpha value is -1.74. The maximum absolute atomic E-state index is 13.0. The van der Waals surface area contributed by atoms with E-state index in [9.17, 15) is 8.42 Å². The molecule has 0 bridgehead atoms. The van der Waals surface area contributed by atoms with Crippen molar-refractivity contribution in [3.8, 4) is 0 Å². The SMILES string of the molecule is Cc1ccc2nsnc2c1S(=O)(=O)Nc1cccc2c1CCNC2.Cl. The van der Waals surface area contributed by atoms with Gasteiger partial charge in [0.15, 0.2) is 0 Å². The van der Waals surface area contributed by atoms with Gasteiger partial charge in [-0.15, -0.1) is 12.4 Å². The summed E-state index contributed by atoms with van der Waals surface area (Å²) >= 11 is 1.02. The maximum Gasteiger partial charge on any atom is 0.264 e. The summed E-state index contributed by atoms with van der Waals surface area (Å²) in [4.78, 5) is 0.209. The van der Waals surface area contributed by atoms with Crippen LogP contribution in [0.5, 0.6) is 0 Å². The first-order valence-corrected chi connectivity index (χ1v) is 9.84. The molecular formula is C16H17ClN4O2S2. The molecule has 1 aliphatic rings. The molecule has 2 aromatic carbocycles. The standard InChI is InChI=1S/C16H16N4O2S2.ClH/c1-10-5-6-14-15(19-23-18-14)16(10)24(21,22)20-13-4-2-3-11-9-17-8-7-12(11)13;/h2-6,17,20H,7-9H2,1H3;1H. The van der Waals surface area contributed by atoms with Crippen molar-refractivity contribution >= 4 is 50.9 Å². The molecule has 9 heteroatoms. The van der Waals surface area contributed by atoms with Crippen LogP contribution in [0.15, 0.2) is 35.2 Å². The molecule has 0 aliphatic carbocycles. The summed E-state index contributed by atoms with van der Waals surface area (Å²) in [5.74, 6) is 0. The zero-order chi connectivity index (χ0) is 16.7. The van der Waals surface area contributed by atoms with E-state index in [4.69, 9.17) is 0 Å². The molecule has 4 rings (SSSR count). The van der Waals surface area contributed by atoms with Gasteiger partial charge in [0.25, 0.3) is 10.0 Å². The fourth-order valence-corrected chi connectivity index (χ4v) is 5.17. The summed E-state index contributed by atoms with van der Waals surface area (Å²) in [5.41, 5.74) is 4.53. The third-order valence-electron chi connectivity index (χ3n) is 4.23. The number of hydrogen-bond donors (Lipinski definition) is 2. The first-order valence-electron chi connectivity index (χ1n) is 7.62. The molecule has 0 unspecified atom stereocenters. The predicted octanol–water partition coefficient (Wildman–Crippen LogP) is 2.87. The van der Waals surface area contributed by atoms with Crippen LogP contribution in [0.25, 0.3) is 11.0 Å². The monoisotopic (exact) mass is 396 g/mol. The number of anilines is 1. The number of aromatic nitrogens is 2. The smallest absolute Gasteiger partial charge is 0.264 e. The van der Waals surface area contributed by atoms with Gasteiger partial charge in [-0.25, -0.2) is 8.42 Å². The average molecular weight is 397 g/mol. The Morgan fingerprint density at radius 3 is 2.88 bits per heavy atom. The first-order chi connectivity index (χ1) is 11.6. The summed E-state index contributed by atoms with van der Waals surface area (Å²) in [6.07, 6.45) is 0.801. The lowest BCUT2D eigenvalue weighted by atomic mass is 9.99. The molecule has 2 heterocycles. The first kappa shape index (κ1) is 18.1. The molecule has 0 radical (unpaired) electrons. The van der Waals surface area contributed by atoms with Crippen molar-refractivity contribution < 1.29 is 8.42 Å². The highest BCUT2D eigenvalue weighted by Gasteiger charge is 2.24. The quantitative estimate of drug-likeness (QED) is 0.711. The average Bonchev–Trinajstić information content (AvgIpc) is 3.02. The zero-order valence-electron chi connectivity index (χ0n) is 13.4. The highest BCUT2D eigenvalue weighted by atomic mass is 35.5. The van der Waals surface area contributed by atoms with Gasteiger partial charge in [-0.3, -0.25) is 4.72 Å². The fraction of sp³-hybridized carbons (Fsp3) is 0.250. The van der Waals surface area contributed by atoms with Crippen LogP contribution in [0.1, 0.15) is 16.7 Å². The second kappa shape index (κ2) is 6.87. The van der Waals surface area contributed by atoms with Crippen molar-refractivity contribution in [3.05, 3.63) is 47.0 Å². The molecule has 25 heavy (non-hydrogen) atoms. The second-order valence-electron chi connectivity index (χ2n) is 5.82. The summed E-state index contributed by atoms with van der Waals surface area (Å²) in [7, 11) is -3.74. The van der Waals surface area contributed by atoms with Gasteiger partial charge >= 0.3 is 0 Å². The van der Waals surface area contributed by atoms with Gasteiger partial charge in [0.1, 0.15) is 15.9 Å². The summed E-state index contributed by atoms with van der Waals surface area (Å²) in [5, 5.41) is 3.30. The van der Waals surface area contributed by atoms with E-state index >= 15 is 0 Å². The summed E-state index contributed by atoms with van der Waals surface area (Å²) in [6, 6.07) is 9.28. The normalized spacial score (nSPS) is 14.0. The lowest BCUT2D eigenvalue weighted by Crippen LogP contribution is -2.25. The van der Waals surface area contributed by atoms with E-state index in [1.807, 2.05) is 18.2 Å². The number of halogens is 1. The van der Waals surface area contributed by atoms with Crippen LogP contribution in [0.2, 0.25) is 0 Å². The number of nitrogens with zero attached hydrogens (tertiary/aromatic N) is 2. The van der Waals surface area contributed by atoms with Crippen LogP contribution < -0.4 is 10.0 Å². The topological polar surface area (TPSA) is 84.0 Å². The van der Waals surface area contributed by atoms with Gasteiger partial charge in [-0.2, -0.15) is 8.75 Å². The predicted molar refractivity (Wildman–Crippen MR) is 102 cm³/mol. The van der Waals surface area contributed by atoms with E-state index in [1.54, 1.807) is 19.1 Å². The van der Waals surface area contributed by atoms with Crippen molar-refractivity contribution in [3.63, 3.8) is 0 Å². The van der Waals surface area contributed by atoms with Gasteiger partial charge in [0.2, 0.25) is 0 Å². The van der Waals surface area contributed by atoms with Crippen molar-refractivity contribution in [2.24, 2.45) is 0 Å². The van der Waals surface area contributed by atoms with Crippen LogP contribution in [-0.2, 0) is 23.0 Å². The number of fused-ring (bicyclic) bond motifs is 2. The minimum Gasteiger partial charge on any atom is -0.312 e. The second-order valence-corrected chi connectivity index (χ2v) is 7.97. The van der Waals surface area contributed by atoms with Gasteiger partial charge in [0.05, 0.1) is 17.4 Å². The van der Waals surface area contributed by atoms with Crippen LogP contribution in [-0.4, -0.2) is 23.7 Å². The van der Waals surface area contributed by atoms with Crippen LogP contribution >= 0.6 is 24.1 Å². The third-order valence-corrected chi connectivity index (χ3v) is 6.32. The number of sulfonamides is 1. The number of benzene rings is 2. The van der Waals surface area contributed by atoms with Crippen molar-refractivity contribution in [1.82, 2.24) is 14.1 Å². The van der Waals surface area contributed by atoms with E-state index in [1.165, 1.54) is 0 Å². The minimum absolute atomic E-state index is 0. The molecular weight excluding hydrogens is 380 g/mol. The van der Waals surface area contributed by atoms with Gasteiger partial charge in [-0.1, -0.05) is 18.2 Å². The molecule has 0 saturated heterocycles. The molecule has 1 aromatic heterocycles. The van der Waals surface area contributed by atoms with E-state index < -0.39 is 10.0 Å². The van der Waals surface area contributed by atoms with Crippen LogP contribution in [0, 0.1) is 6.92 Å². The van der Waals surface area contributed by atoms with Crippen molar-refractivity contribution in [1.29, 1.82) is 0 Å². The fourth-order valence-electron chi connectivity index (χ4n) is 3.09. The molecule has 2 N–H and O–H groups in total. The van der Waals surface area contributed by atoms with Crippen LogP contribution in [0.4, 0.5) is 5.69 Å². The van der Waals surface area contributed by atoms with E-state index in [0.29, 0.717) is 22.3 Å². The molecule has 3 aromatic rings. The Labute approximate surface area is 156 Å². The molecule has 0 fully saturated rings. The highest BCUT2D eigenvalue weighted by Crippen LogP contribution is 2.29. The zero-order valence-corrected chi connectivity index (χ0v) is 15.9. The minimum atomic E-state index is -3.74. The number of rotatable bonds is 3. The molecule has 0 saturated carbocycles. The molecule has 0 spiro atoms. The van der Waals surface area contributed by atoms with Gasteiger partial charge < -0.3 is 5.32 Å². The van der Waals surface area contributed by atoms with Crippen LogP contribution in [0.3, 0.4) is 0 Å². The number of nitrogens with one attached hydrogen (secondary N) is 2. The van der Waals surface area contributed by atoms with Crippen molar-refractivity contribution in [2.45, 2.75) is 24.8 Å². The Kier molecular flexibility index (Phi) is 4.97. The molecule has 132 valence electrons. The molecule has 0 amide bonds. The largest absolute Gasteiger partial charge is 0.312 e. The van der Waals surface area contributed by atoms with Crippen molar-refractivity contribution in [2.75, 3.05) is 11.3 Å². The Morgan fingerprint density at radius 1 is 1.20 bits per heavy atom. The molecule has 0 atom stereocenters. The van der Waals surface area contributed by atoms with E-state index in [0.717, 1.165) is 42.4 Å². The Bertz CT molecular complexity index is 1030. The Balaban J connectivity index is 0.00000182. The maximum atomic E-state index is 13.0. The van der Waals surface area contributed by atoms with E-state index in [2.05, 4.69) is 18.8 Å². The Morgan fingerprint density at radius 2 is 2.04 bits per heavy atom. The molecule has 1 aliphatic heterocycles.